The van der Waals surface area contributed by atoms with Gasteiger partial charge in [0.05, 0.1) is 24.8 Å². The highest BCUT2D eigenvalue weighted by molar-refractivity contribution is 7.92. The smallest absolute Gasteiger partial charge is 0.264 e. The molecule has 0 aliphatic carbocycles. The van der Waals surface area contributed by atoms with Crippen LogP contribution in [0.4, 0.5) is 10.1 Å². The molecule has 4 aromatic carbocycles. The molecule has 48 heavy (non-hydrogen) atoms. The molecule has 0 saturated carbocycles. The number of hydrogen-bond acceptors (Lipinski definition) is 6. The van der Waals surface area contributed by atoms with Crippen LogP contribution in [-0.4, -0.2) is 58.5 Å². The Hall–Kier alpha value is -4.90. The molecule has 0 aromatic heterocycles. The van der Waals surface area contributed by atoms with E-state index in [0.717, 1.165) is 33.1 Å². The second-order valence-corrected chi connectivity index (χ2v) is 13.7. The van der Waals surface area contributed by atoms with Crippen LogP contribution < -0.4 is 19.1 Å². The van der Waals surface area contributed by atoms with Crippen molar-refractivity contribution in [2.45, 2.75) is 44.7 Å². The van der Waals surface area contributed by atoms with Gasteiger partial charge in [0.25, 0.3) is 10.0 Å². The van der Waals surface area contributed by atoms with E-state index in [1.807, 2.05) is 75.4 Å². The zero-order valence-electron chi connectivity index (χ0n) is 27.9. The third-order valence-electron chi connectivity index (χ3n) is 7.77. The number of carbonyl (C=O) groups excluding carboxylic acids is 2. The van der Waals surface area contributed by atoms with E-state index in [-0.39, 0.29) is 41.1 Å². The van der Waals surface area contributed by atoms with Crippen LogP contribution in [0.5, 0.6) is 11.5 Å². The van der Waals surface area contributed by atoms with E-state index in [2.05, 4.69) is 5.32 Å². The monoisotopic (exact) mass is 675 g/mol. The Morgan fingerprint density at radius 1 is 0.833 bits per heavy atom. The molecule has 254 valence electrons. The predicted molar refractivity (Wildman–Crippen MR) is 184 cm³/mol. The van der Waals surface area contributed by atoms with E-state index >= 15 is 0 Å². The third-order valence-corrected chi connectivity index (χ3v) is 9.54. The zero-order chi connectivity index (χ0) is 34.8. The van der Waals surface area contributed by atoms with E-state index in [9.17, 15) is 22.4 Å². The van der Waals surface area contributed by atoms with Crippen LogP contribution in [-0.2, 0) is 32.6 Å². The molecule has 4 aromatic rings. The van der Waals surface area contributed by atoms with Crippen LogP contribution >= 0.6 is 0 Å². The standard InChI is InChI=1S/C37H42FN3O6S/c1-26(2)23-39-37(43)33(21-28-9-7-6-8-10-28)40(24-29-13-11-27(3)12-14-29)36(42)25-41(31-17-15-30(38)16-18-31)48(44,45)32-19-20-34(46-4)35(22-32)47-5/h6-20,22,26,33H,21,23-25H2,1-5H3,(H,39,43). The first-order valence-corrected chi connectivity index (χ1v) is 17.0. The number of nitrogens with one attached hydrogen (secondary N) is 1. The third kappa shape index (κ3) is 9.13. The molecule has 1 atom stereocenters. The van der Waals surface area contributed by atoms with Crippen molar-refractivity contribution in [3.63, 3.8) is 0 Å². The summed E-state index contributed by atoms with van der Waals surface area (Å²) in [5, 5.41) is 2.97. The second-order valence-electron chi connectivity index (χ2n) is 11.9. The van der Waals surface area contributed by atoms with Gasteiger partial charge in [0.1, 0.15) is 18.4 Å². The molecule has 0 bridgehead atoms. The number of aryl methyl sites for hydroxylation is 1. The fraction of sp³-hybridized carbons (Fsp3) is 0.297. The Labute approximate surface area is 282 Å². The van der Waals surface area contributed by atoms with Gasteiger partial charge >= 0.3 is 0 Å². The summed E-state index contributed by atoms with van der Waals surface area (Å²) in [5.74, 6) is -0.892. The lowest BCUT2D eigenvalue weighted by Gasteiger charge is -2.34. The molecule has 4 rings (SSSR count). The molecule has 1 unspecified atom stereocenters. The van der Waals surface area contributed by atoms with Gasteiger partial charge in [0.2, 0.25) is 11.8 Å². The number of hydrogen-bond donors (Lipinski definition) is 1. The van der Waals surface area contributed by atoms with Crippen LogP contribution in [0.2, 0.25) is 0 Å². The largest absolute Gasteiger partial charge is 0.493 e. The average molecular weight is 676 g/mol. The number of halogens is 1. The van der Waals surface area contributed by atoms with E-state index in [0.29, 0.717) is 12.3 Å². The molecule has 0 fully saturated rings. The highest BCUT2D eigenvalue weighted by Crippen LogP contribution is 2.32. The minimum atomic E-state index is -4.43. The van der Waals surface area contributed by atoms with Crippen molar-refractivity contribution < 1.29 is 31.9 Å². The molecule has 2 amide bonds. The first kappa shape index (κ1) is 35.9. The van der Waals surface area contributed by atoms with Crippen LogP contribution in [0, 0.1) is 18.7 Å². The van der Waals surface area contributed by atoms with Gasteiger partial charge in [-0.1, -0.05) is 74.0 Å². The van der Waals surface area contributed by atoms with Crippen molar-refractivity contribution in [2.24, 2.45) is 5.92 Å². The number of benzene rings is 4. The normalized spacial score (nSPS) is 11.9. The minimum absolute atomic E-state index is 0.0410. The van der Waals surface area contributed by atoms with Gasteiger partial charge in [-0.25, -0.2) is 12.8 Å². The van der Waals surface area contributed by atoms with Gasteiger partial charge < -0.3 is 19.7 Å². The molecule has 0 radical (unpaired) electrons. The van der Waals surface area contributed by atoms with Crippen molar-refractivity contribution in [3.05, 3.63) is 120 Å². The molecule has 9 nitrogen and oxygen atoms in total. The maximum absolute atomic E-state index is 14.6. The lowest BCUT2D eigenvalue weighted by atomic mass is 10.0. The van der Waals surface area contributed by atoms with Crippen LogP contribution in [0.25, 0.3) is 0 Å². The van der Waals surface area contributed by atoms with Crippen molar-refractivity contribution in [2.75, 3.05) is 31.6 Å². The summed E-state index contributed by atoms with van der Waals surface area (Å²) >= 11 is 0. The highest BCUT2D eigenvalue weighted by atomic mass is 32.2. The number of anilines is 1. The molecule has 1 N–H and O–H groups in total. The van der Waals surface area contributed by atoms with E-state index < -0.39 is 34.3 Å². The highest BCUT2D eigenvalue weighted by Gasteiger charge is 2.35. The number of sulfonamides is 1. The maximum atomic E-state index is 14.6. The van der Waals surface area contributed by atoms with Crippen molar-refractivity contribution in [1.82, 2.24) is 10.2 Å². The van der Waals surface area contributed by atoms with Gasteiger partial charge in [-0.15, -0.1) is 0 Å². The lowest BCUT2D eigenvalue weighted by Crippen LogP contribution is -2.53. The first-order valence-electron chi connectivity index (χ1n) is 15.6. The molecular weight excluding hydrogens is 633 g/mol. The molecular formula is C37H42FN3O6S. The molecule has 0 aliphatic heterocycles. The van der Waals surface area contributed by atoms with Gasteiger partial charge in [-0.05, 0) is 60.4 Å². The number of carbonyl (C=O) groups is 2. The Kier molecular flexibility index (Phi) is 12.2. The quantitative estimate of drug-likeness (QED) is 0.172. The van der Waals surface area contributed by atoms with E-state index in [1.54, 1.807) is 0 Å². The summed E-state index contributed by atoms with van der Waals surface area (Å²) in [6, 6.07) is 24.9. The zero-order valence-corrected chi connectivity index (χ0v) is 28.7. The van der Waals surface area contributed by atoms with Gasteiger partial charge in [0, 0.05) is 25.6 Å². The van der Waals surface area contributed by atoms with Gasteiger partial charge in [-0.3, -0.25) is 13.9 Å². The number of ether oxygens (including phenoxy) is 2. The topological polar surface area (TPSA) is 105 Å². The van der Waals surface area contributed by atoms with Crippen LogP contribution in [0.1, 0.15) is 30.5 Å². The molecule has 11 heteroatoms. The number of amides is 2. The molecule has 0 saturated heterocycles. The molecule has 0 aliphatic rings. The summed E-state index contributed by atoms with van der Waals surface area (Å²) in [4.78, 5) is 29.7. The SMILES string of the molecule is COc1ccc(S(=O)(=O)N(CC(=O)N(Cc2ccc(C)cc2)C(Cc2ccccc2)C(=O)NCC(C)C)c2ccc(F)cc2)cc1OC. The lowest BCUT2D eigenvalue weighted by molar-refractivity contribution is -0.140. The summed E-state index contributed by atoms with van der Waals surface area (Å²) in [5.41, 5.74) is 2.69. The minimum Gasteiger partial charge on any atom is -0.493 e. The van der Waals surface area contributed by atoms with Crippen molar-refractivity contribution in [1.29, 1.82) is 0 Å². The number of rotatable bonds is 15. The number of nitrogens with zero attached hydrogens (tertiary/aromatic N) is 2. The van der Waals surface area contributed by atoms with Crippen molar-refractivity contribution in [3.8, 4) is 11.5 Å². The van der Waals surface area contributed by atoms with E-state index in [4.69, 9.17) is 9.47 Å². The Bertz CT molecular complexity index is 1780. The molecule has 0 spiro atoms. The molecule has 0 heterocycles. The van der Waals surface area contributed by atoms with Gasteiger partial charge in [0.15, 0.2) is 11.5 Å². The Balaban J connectivity index is 1.81. The summed E-state index contributed by atoms with van der Waals surface area (Å²) in [7, 11) is -1.61. The van der Waals surface area contributed by atoms with E-state index in [1.165, 1.54) is 49.5 Å². The predicted octanol–water partition coefficient (Wildman–Crippen LogP) is 5.76. The fourth-order valence-electron chi connectivity index (χ4n) is 5.11. The fourth-order valence-corrected chi connectivity index (χ4v) is 6.54. The maximum Gasteiger partial charge on any atom is 0.264 e. The number of methoxy groups -OCH3 is 2. The van der Waals surface area contributed by atoms with Crippen LogP contribution in [0.15, 0.2) is 102 Å². The Morgan fingerprint density at radius 2 is 1.48 bits per heavy atom. The summed E-state index contributed by atoms with van der Waals surface area (Å²) in [6.07, 6.45) is 0.196. The summed E-state index contributed by atoms with van der Waals surface area (Å²) in [6.45, 7) is 5.66. The van der Waals surface area contributed by atoms with Gasteiger partial charge in [-0.2, -0.15) is 0 Å². The first-order chi connectivity index (χ1) is 22.9. The summed E-state index contributed by atoms with van der Waals surface area (Å²) < 4.78 is 54.2. The second kappa shape index (κ2) is 16.3. The Morgan fingerprint density at radius 3 is 2.08 bits per heavy atom. The van der Waals surface area contributed by atoms with Crippen molar-refractivity contribution >= 4 is 27.5 Å². The average Bonchev–Trinajstić information content (AvgIpc) is 3.08. The van der Waals surface area contributed by atoms with Crippen LogP contribution in [0.3, 0.4) is 0 Å².